The third-order valence-electron chi connectivity index (χ3n) is 4.24. The van der Waals surface area contributed by atoms with Crippen LogP contribution in [-0.4, -0.2) is 17.0 Å². The maximum atomic E-state index is 12.2. The van der Waals surface area contributed by atoms with E-state index < -0.39 is 11.8 Å². The van der Waals surface area contributed by atoms with Crippen LogP contribution in [0.25, 0.3) is 6.08 Å². The molecule has 28 heavy (non-hydrogen) atoms. The lowest BCUT2D eigenvalue weighted by Gasteiger charge is -2.16. The van der Waals surface area contributed by atoms with E-state index in [2.05, 4.69) is 5.32 Å². The molecule has 0 aliphatic rings. The van der Waals surface area contributed by atoms with E-state index in [9.17, 15) is 9.59 Å². The quantitative estimate of drug-likeness (QED) is 0.348. The summed E-state index contributed by atoms with van der Waals surface area (Å²) in [5.41, 5.74) is 4.74. The Kier molecular flexibility index (Phi) is 6.33. The number of hydrogen-bond donors (Lipinski definition) is 3. The van der Waals surface area contributed by atoms with Crippen LogP contribution in [0.4, 0.5) is 5.69 Å². The second-order valence-electron chi connectivity index (χ2n) is 6.18. The highest BCUT2D eigenvalue weighted by Crippen LogP contribution is 2.26. The zero-order valence-corrected chi connectivity index (χ0v) is 15.1. The molecular formula is C23H20N2O3. The summed E-state index contributed by atoms with van der Waals surface area (Å²) in [6.07, 6.45) is 3.20. The molecule has 5 nitrogen and oxygen atoms in total. The summed E-state index contributed by atoms with van der Waals surface area (Å²) in [6, 6.07) is 25.7. The van der Waals surface area contributed by atoms with Crippen molar-refractivity contribution in [1.82, 2.24) is 5.48 Å². The molecule has 5 heteroatoms. The van der Waals surface area contributed by atoms with E-state index in [0.29, 0.717) is 11.3 Å². The van der Waals surface area contributed by atoms with E-state index in [1.165, 1.54) is 6.08 Å². The van der Waals surface area contributed by atoms with Crippen molar-refractivity contribution >= 4 is 23.6 Å². The number of nitrogens with one attached hydrogen (secondary N) is 2. The fourth-order valence-electron chi connectivity index (χ4n) is 2.88. The first-order valence-electron chi connectivity index (χ1n) is 8.80. The van der Waals surface area contributed by atoms with Crippen molar-refractivity contribution in [1.29, 1.82) is 0 Å². The maximum absolute atomic E-state index is 12.2. The van der Waals surface area contributed by atoms with E-state index in [4.69, 9.17) is 5.21 Å². The van der Waals surface area contributed by atoms with Gasteiger partial charge in [0.05, 0.1) is 5.92 Å². The van der Waals surface area contributed by atoms with Gasteiger partial charge in [0.2, 0.25) is 5.91 Å². The molecule has 1 unspecified atom stereocenters. The largest absolute Gasteiger partial charge is 0.323 e. The lowest BCUT2D eigenvalue weighted by Crippen LogP contribution is -2.27. The number of anilines is 1. The van der Waals surface area contributed by atoms with Gasteiger partial charge < -0.3 is 5.32 Å². The Morgan fingerprint density at radius 2 is 1.36 bits per heavy atom. The molecule has 0 saturated carbocycles. The topological polar surface area (TPSA) is 78.4 Å². The van der Waals surface area contributed by atoms with Gasteiger partial charge in [-0.2, -0.15) is 0 Å². The molecule has 3 aromatic carbocycles. The third kappa shape index (κ3) is 4.93. The molecule has 3 N–H and O–H groups in total. The van der Waals surface area contributed by atoms with E-state index in [-0.39, 0.29) is 5.91 Å². The van der Waals surface area contributed by atoms with Gasteiger partial charge in [-0.05, 0) is 34.9 Å². The fourth-order valence-corrected chi connectivity index (χ4v) is 2.88. The molecule has 0 bridgehead atoms. The van der Waals surface area contributed by atoms with Crippen molar-refractivity contribution in [2.24, 2.45) is 0 Å². The van der Waals surface area contributed by atoms with Crippen molar-refractivity contribution in [2.75, 3.05) is 5.32 Å². The molecule has 0 aromatic heterocycles. The Labute approximate surface area is 163 Å². The van der Waals surface area contributed by atoms with Crippen molar-refractivity contribution in [3.63, 3.8) is 0 Å². The zero-order valence-electron chi connectivity index (χ0n) is 15.1. The molecule has 0 aliphatic carbocycles. The molecule has 0 spiro atoms. The van der Waals surface area contributed by atoms with Crippen molar-refractivity contribution < 1.29 is 14.8 Å². The van der Waals surface area contributed by atoms with Crippen LogP contribution in [0.15, 0.2) is 91.0 Å². The fraction of sp³-hybridized carbons (Fsp3) is 0.0435. The Morgan fingerprint density at radius 1 is 0.786 bits per heavy atom. The standard InChI is InChI=1S/C23H20N2O3/c26-21(16-11-17-7-3-1-4-8-17)24-20-14-12-19(13-15-20)22(23(27)25-28)18-9-5-2-6-10-18/h1-16,22,28H,(H,24,26)(H,25,27)/b16-11+. The monoisotopic (exact) mass is 372 g/mol. The van der Waals surface area contributed by atoms with Crippen LogP contribution < -0.4 is 10.8 Å². The highest BCUT2D eigenvalue weighted by Gasteiger charge is 2.22. The summed E-state index contributed by atoms with van der Waals surface area (Å²) in [7, 11) is 0. The first-order chi connectivity index (χ1) is 13.7. The number of benzene rings is 3. The third-order valence-corrected chi connectivity index (χ3v) is 4.24. The molecule has 0 heterocycles. The number of rotatable bonds is 6. The second-order valence-corrected chi connectivity index (χ2v) is 6.18. The normalized spacial score (nSPS) is 11.8. The van der Waals surface area contributed by atoms with Crippen molar-refractivity contribution in [3.8, 4) is 0 Å². The number of carbonyl (C=O) groups excluding carboxylic acids is 2. The molecule has 140 valence electrons. The lowest BCUT2D eigenvalue weighted by molar-refractivity contribution is -0.129. The minimum absolute atomic E-state index is 0.246. The van der Waals surface area contributed by atoms with E-state index in [1.54, 1.807) is 35.8 Å². The summed E-state index contributed by atoms with van der Waals surface area (Å²) in [4.78, 5) is 24.2. The molecule has 2 amide bonds. The minimum Gasteiger partial charge on any atom is -0.323 e. The average Bonchev–Trinajstić information content (AvgIpc) is 2.75. The van der Waals surface area contributed by atoms with Gasteiger partial charge in [-0.3, -0.25) is 14.8 Å². The van der Waals surface area contributed by atoms with Crippen LogP contribution in [0.5, 0.6) is 0 Å². The smallest absolute Gasteiger partial charge is 0.255 e. The highest BCUT2D eigenvalue weighted by atomic mass is 16.5. The predicted molar refractivity (Wildman–Crippen MR) is 109 cm³/mol. The van der Waals surface area contributed by atoms with Gasteiger partial charge in [-0.15, -0.1) is 0 Å². The Bertz CT molecular complexity index is 952. The minimum atomic E-state index is -0.645. The van der Waals surface area contributed by atoms with E-state index >= 15 is 0 Å². The van der Waals surface area contributed by atoms with Crippen LogP contribution >= 0.6 is 0 Å². The Balaban J connectivity index is 1.72. The Morgan fingerprint density at radius 3 is 1.96 bits per heavy atom. The average molecular weight is 372 g/mol. The predicted octanol–water partition coefficient (Wildman–Crippen LogP) is 3.98. The van der Waals surface area contributed by atoms with Crippen LogP contribution in [0.2, 0.25) is 0 Å². The maximum Gasteiger partial charge on any atom is 0.255 e. The first kappa shape index (κ1) is 19.1. The number of amides is 2. The molecular weight excluding hydrogens is 352 g/mol. The summed E-state index contributed by atoms with van der Waals surface area (Å²) < 4.78 is 0. The van der Waals surface area contributed by atoms with Gasteiger partial charge in [0, 0.05) is 11.8 Å². The first-order valence-corrected chi connectivity index (χ1v) is 8.80. The van der Waals surface area contributed by atoms with Crippen LogP contribution in [0.1, 0.15) is 22.6 Å². The Hall–Kier alpha value is -3.70. The zero-order chi connectivity index (χ0) is 19.8. The molecule has 0 saturated heterocycles. The van der Waals surface area contributed by atoms with E-state index in [0.717, 1.165) is 11.1 Å². The number of carbonyl (C=O) groups is 2. The van der Waals surface area contributed by atoms with E-state index in [1.807, 2.05) is 60.7 Å². The van der Waals surface area contributed by atoms with Gasteiger partial charge in [0.1, 0.15) is 0 Å². The summed E-state index contributed by atoms with van der Waals surface area (Å²) in [5, 5.41) is 11.9. The van der Waals surface area contributed by atoms with Crippen molar-refractivity contribution in [2.45, 2.75) is 5.92 Å². The van der Waals surface area contributed by atoms with Crippen LogP contribution in [-0.2, 0) is 9.59 Å². The molecule has 3 rings (SSSR count). The lowest BCUT2D eigenvalue weighted by atomic mass is 9.90. The molecule has 1 atom stereocenters. The van der Waals surface area contributed by atoms with Gasteiger partial charge in [0.25, 0.3) is 5.91 Å². The van der Waals surface area contributed by atoms with Crippen molar-refractivity contribution in [3.05, 3.63) is 108 Å². The van der Waals surface area contributed by atoms with Crippen LogP contribution in [0.3, 0.4) is 0 Å². The van der Waals surface area contributed by atoms with Gasteiger partial charge in [-0.25, -0.2) is 5.48 Å². The summed E-state index contributed by atoms with van der Waals surface area (Å²) in [5.74, 6) is -1.41. The van der Waals surface area contributed by atoms with Gasteiger partial charge in [0.15, 0.2) is 0 Å². The summed E-state index contributed by atoms with van der Waals surface area (Å²) >= 11 is 0. The second kappa shape index (κ2) is 9.30. The highest BCUT2D eigenvalue weighted by molar-refractivity contribution is 6.02. The molecule has 3 aromatic rings. The van der Waals surface area contributed by atoms with Gasteiger partial charge in [-0.1, -0.05) is 72.8 Å². The number of hydrogen-bond acceptors (Lipinski definition) is 3. The molecule has 0 fully saturated rings. The summed E-state index contributed by atoms with van der Waals surface area (Å²) in [6.45, 7) is 0. The molecule has 0 aliphatic heterocycles. The molecule has 0 radical (unpaired) electrons. The van der Waals surface area contributed by atoms with Gasteiger partial charge >= 0.3 is 0 Å². The number of hydroxylamine groups is 1. The SMILES string of the molecule is O=C(/C=C/c1ccccc1)Nc1ccc(C(C(=O)NO)c2ccccc2)cc1. The van der Waals surface area contributed by atoms with Crippen LogP contribution in [0, 0.1) is 0 Å².